The van der Waals surface area contributed by atoms with E-state index in [-0.39, 0.29) is 11.6 Å². The van der Waals surface area contributed by atoms with Gasteiger partial charge in [0.2, 0.25) is 0 Å². The smallest absolute Gasteiger partial charge is 0.168 e. The quantitative estimate of drug-likeness (QED) is 0.648. The van der Waals surface area contributed by atoms with Gasteiger partial charge in [0, 0.05) is 5.57 Å². The Morgan fingerprint density at radius 2 is 1.67 bits per heavy atom. The van der Waals surface area contributed by atoms with Crippen molar-refractivity contribution in [3.8, 4) is 0 Å². The van der Waals surface area contributed by atoms with E-state index in [0.717, 1.165) is 0 Å². The van der Waals surface area contributed by atoms with E-state index in [1.165, 1.54) is 13.8 Å². The first kappa shape index (κ1) is 13.3. The Balaban J connectivity index is 0.000000921. The fraction of sp³-hybridized carbons (Fsp3) is 0.308. The van der Waals surface area contributed by atoms with Crippen molar-refractivity contribution >= 4 is 11.6 Å². The van der Waals surface area contributed by atoms with Crippen molar-refractivity contribution in [1.29, 1.82) is 0 Å². The van der Waals surface area contributed by atoms with Crippen LogP contribution in [0, 0.1) is 0 Å². The summed E-state index contributed by atoms with van der Waals surface area (Å²) in [6.07, 6.45) is 6.72. The number of Topliss-reactive ketones (excluding diaryl/α,β-unsaturated/α-hetero) is 2. The number of rotatable bonds is 2. The highest BCUT2D eigenvalue weighted by molar-refractivity contribution is 6.11. The van der Waals surface area contributed by atoms with Crippen LogP contribution in [0.4, 0.5) is 0 Å². The van der Waals surface area contributed by atoms with Gasteiger partial charge in [-0.05, 0) is 19.9 Å². The molecule has 0 fully saturated rings. The van der Waals surface area contributed by atoms with Crippen LogP contribution >= 0.6 is 0 Å². The summed E-state index contributed by atoms with van der Waals surface area (Å²) in [5.74, 6) is -0.251. The molecular formula is C13H16O2. The third kappa shape index (κ3) is 3.92. The van der Waals surface area contributed by atoms with Crippen molar-refractivity contribution in [3.05, 3.63) is 41.2 Å². The Bertz CT molecular complexity index is 375. The molecule has 2 heteroatoms. The molecule has 0 aromatic rings. The van der Waals surface area contributed by atoms with Crippen LogP contribution in [-0.4, -0.2) is 11.6 Å². The summed E-state index contributed by atoms with van der Waals surface area (Å²) in [6, 6.07) is 0. The van der Waals surface area contributed by atoms with Gasteiger partial charge in [0.25, 0.3) is 0 Å². The van der Waals surface area contributed by atoms with Crippen LogP contribution in [0.5, 0.6) is 0 Å². The monoisotopic (exact) mass is 204 g/mol. The van der Waals surface area contributed by atoms with Gasteiger partial charge in [-0.25, -0.2) is 0 Å². The maximum atomic E-state index is 11.1. The van der Waals surface area contributed by atoms with Gasteiger partial charge in [-0.2, -0.15) is 0 Å². The lowest BCUT2D eigenvalue weighted by Gasteiger charge is -2.00. The van der Waals surface area contributed by atoms with Gasteiger partial charge in [-0.15, -0.1) is 5.73 Å². The van der Waals surface area contributed by atoms with Gasteiger partial charge in [-0.3, -0.25) is 9.59 Å². The molecule has 15 heavy (non-hydrogen) atoms. The Kier molecular flexibility index (Phi) is 6.00. The SMILES string of the molecule is CC.CC(=O)C1=C=CC=CC=C1C(C)=O. The lowest BCUT2D eigenvalue weighted by Crippen LogP contribution is -2.05. The molecule has 0 heterocycles. The Morgan fingerprint density at radius 3 is 2.13 bits per heavy atom. The van der Waals surface area contributed by atoms with Crippen molar-refractivity contribution in [2.24, 2.45) is 0 Å². The van der Waals surface area contributed by atoms with Crippen LogP contribution in [0.15, 0.2) is 41.2 Å². The summed E-state index contributed by atoms with van der Waals surface area (Å²) in [5, 5.41) is 0. The normalized spacial score (nSPS) is 13.1. The van der Waals surface area contributed by atoms with Gasteiger partial charge in [0.15, 0.2) is 11.6 Å². The van der Waals surface area contributed by atoms with Crippen molar-refractivity contribution in [2.75, 3.05) is 0 Å². The van der Waals surface area contributed by atoms with E-state index in [1.54, 1.807) is 24.3 Å². The summed E-state index contributed by atoms with van der Waals surface area (Å²) in [6.45, 7) is 6.87. The van der Waals surface area contributed by atoms with Crippen molar-refractivity contribution in [2.45, 2.75) is 27.7 Å². The summed E-state index contributed by atoms with van der Waals surface area (Å²) in [7, 11) is 0. The van der Waals surface area contributed by atoms with E-state index in [0.29, 0.717) is 11.1 Å². The first-order valence-electron chi connectivity index (χ1n) is 4.99. The predicted octanol–water partition coefficient (Wildman–Crippen LogP) is 2.77. The third-order valence-corrected chi connectivity index (χ3v) is 1.70. The van der Waals surface area contributed by atoms with Gasteiger partial charge >= 0.3 is 0 Å². The predicted molar refractivity (Wildman–Crippen MR) is 61.5 cm³/mol. The van der Waals surface area contributed by atoms with Crippen LogP contribution in [0.1, 0.15) is 27.7 Å². The molecule has 0 radical (unpaired) electrons. The molecule has 1 aliphatic carbocycles. The topological polar surface area (TPSA) is 34.1 Å². The minimum Gasteiger partial charge on any atom is -0.294 e. The second kappa shape index (κ2) is 6.74. The van der Waals surface area contributed by atoms with Gasteiger partial charge in [0.05, 0.1) is 5.57 Å². The van der Waals surface area contributed by atoms with E-state index in [1.807, 2.05) is 13.8 Å². The van der Waals surface area contributed by atoms with Crippen LogP contribution in [-0.2, 0) is 9.59 Å². The first-order chi connectivity index (χ1) is 7.13. The molecule has 0 unspecified atom stereocenters. The average molecular weight is 204 g/mol. The Labute approximate surface area is 90.7 Å². The van der Waals surface area contributed by atoms with Crippen molar-refractivity contribution in [3.63, 3.8) is 0 Å². The average Bonchev–Trinajstić information content (AvgIpc) is 2.45. The van der Waals surface area contributed by atoms with E-state index < -0.39 is 0 Å². The summed E-state index contributed by atoms with van der Waals surface area (Å²) in [4.78, 5) is 22.3. The van der Waals surface area contributed by atoms with Crippen molar-refractivity contribution in [1.82, 2.24) is 0 Å². The molecule has 0 aliphatic heterocycles. The number of carbonyl (C=O) groups is 2. The minimum atomic E-state index is -0.138. The largest absolute Gasteiger partial charge is 0.294 e. The maximum absolute atomic E-state index is 11.1. The molecule has 0 amide bonds. The maximum Gasteiger partial charge on any atom is 0.168 e. The van der Waals surface area contributed by atoms with E-state index in [4.69, 9.17) is 0 Å². The second-order valence-electron chi connectivity index (χ2n) is 2.76. The van der Waals surface area contributed by atoms with E-state index >= 15 is 0 Å². The van der Waals surface area contributed by atoms with E-state index in [9.17, 15) is 9.59 Å². The molecule has 80 valence electrons. The summed E-state index contributed by atoms with van der Waals surface area (Å²) < 4.78 is 0. The zero-order chi connectivity index (χ0) is 11.8. The molecule has 0 bridgehead atoms. The molecule has 0 aromatic carbocycles. The van der Waals surface area contributed by atoms with Crippen LogP contribution in [0.3, 0.4) is 0 Å². The van der Waals surface area contributed by atoms with Gasteiger partial charge in [0.1, 0.15) is 0 Å². The molecule has 2 nitrogen and oxygen atoms in total. The highest BCUT2D eigenvalue weighted by Crippen LogP contribution is 2.13. The Morgan fingerprint density at radius 1 is 1.07 bits per heavy atom. The van der Waals surface area contributed by atoms with Gasteiger partial charge in [-0.1, -0.05) is 32.1 Å². The number of carbonyl (C=O) groups excluding carboxylic acids is 2. The van der Waals surface area contributed by atoms with Crippen LogP contribution in [0.2, 0.25) is 0 Å². The Hall–Kier alpha value is -1.66. The number of allylic oxidation sites excluding steroid dienone is 5. The molecule has 0 saturated carbocycles. The second-order valence-corrected chi connectivity index (χ2v) is 2.76. The first-order valence-corrected chi connectivity index (χ1v) is 4.99. The molecule has 0 saturated heterocycles. The number of hydrogen-bond donors (Lipinski definition) is 0. The molecule has 0 aromatic heterocycles. The number of hydrogen-bond acceptors (Lipinski definition) is 2. The molecule has 0 atom stereocenters. The molecule has 0 spiro atoms. The highest BCUT2D eigenvalue weighted by Gasteiger charge is 2.13. The molecular weight excluding hydrogens is 188 g/mol. The molecule has 1 aliphatic rings. The lowest BCUT2D eigenvalue weighted by atomic mass is 10.0. The standard InChI is InChI=1S/C11H10O2.C2H6/c1-8(12)10-6-4-3-5-7-11(10)9(2)13;1-2/h3-6H,1-2H3;1-2H3. The van der Waals surface area contributed by atoms with Crippen molar-refractivity contribution < 1.29 is 9.59 Å². The fourth-order valence-electron chi connectivity index (χ4n) is 1.08. The summed E-state index contributed by atoms with van der Waals surface area (Å²) >= 11 is 0. The zero-order valence-corrected chi connectivity index (χ0v) is 9.63. The number of ketones is 2. The lowest BCUT2D eigenvalue weighted by molar-refractivity contribution is -0.116. The van der Waals surface area contributed by atoms with Crippen LogP contribution in [0.25, 0.3) is 0 Å². The highest BCUT2D eigenvalue weighted by atomic mass is 16.1. The third-order valence-electron chi connectivity index (χ3n) is 1.70. The summed E-state index contributed by atoms with van der Waals surface area (Å²) in [5.41, 5.74) is 3.57. The minimum absolute atomic E-state index is 0.113. The van der Waals surface area contributed by atoms with Gasteiger partial charge < -0.3 is 0 Å². The zero-order valence-electron chi connectivity index (χ0n) is 9.63. The molecule has 1 rings (SSSR count). The fourth-order valence-corrected chi connectivity index (χ4v) is 1.08. The van der Waals surface area contributed by atoms with Crippen LogP contribution < -0.4 is 0 Å². The van der Waals surface area contributed by atoms with E-state index in [2.05, 4.69) is 5.73 Å². The molecule has 0 N–H and O–H groups in total.